The molecule has 3 aliphatic carbocycles. The minimum absolute atomic E-state index is 0.174. The Labute approximate surface area is 112 Å². The van der Waals surface area contributed by atoms with E-state index in [2.05, 4.69) is 26.8 Å². The van der Waals surface area contributed by atoms with Gasteiger partial charge in [-0.05, 0) is 60.7 Å². The monoisotopic (exact) mass is 248 g/mol. The molecule has 2 saturated carbocycles. The molecular weight excluding hydrogens is 220 g/mol. The van der Waals surface area contributed by atoms with Gasteiger partial charge < -0.3 is 5.11 Å². The molecular formula is C17H28O. The van der Waals surface area contributed by atoms with Crippen LogP contribution in [0.25, 0.3) is 0 Å². The molecule has 0 bridgehead atoms. The number of hydrogen-bond acceptors (Lipinski definition) is 1. The van der Waals surface area contributed by atoms with E-state index in [1.54, 1.807) is 0 Å². The van der Waals surface area contributed by atoms with Gasteiger partial charge in [0.15, 0.2) is 0 Å². The number of rotatable bonds is 0. The summed E-state index contributed by atoms with van der Waals surface area (Å²) in [5.74, 6) is 2.11. The molecule has 5 atom stereocenters. The van der Waals surface area contributed by atoms with Crippen LogP contribution in [0.2, 0.25) is 0 Å². The van der Waals surface area contributed by atoms with Crippen LogP contribution < -0.4 is 0 Å². The molecule has 1 heteroatoms. The second-order valence-corrected chi connectivity index (χ2v) is 7.90. The highest BCUT2D eigenvalue weighted by atomic mass is 16.3. The summed E-state index contributed by atoms with van der Waals surface area (Å²) < 4.78 is 0. The van der Waals surface area contributed by atoms with Gasteiger partial charge in [-0.3, -0.25) is 0 Å². The van der Waals surface area contributed by atoms with Crippen LogP contribution in [0, 0.1) is 28.6 Å². The summed E-state index contributed by atoms with van der Waals surface area (Å²) in [5.41, 5.74) is 0.973. The third kappa shape index (κ3) is 1.70. The Bertz CT molecular complexity index is 357. The van der Waals surface area contributed by atoms with Crippen LogP contribution in [0.15, 0.2) is 12.2 Å². The van der Waals surface area contributed by atoms with Crippen molar-refractivity contribution in [3.63, 3.8) is 0 Å². The maximum atomic E-state index is 10.3. The largest absolute Gasteiger partial charge is 0.389 e. The first-order chi connectivity index (χ1) is 8.45. The van der Waals surface area contributed by atoms with Gasteiger partial charge in [0, 0.05) is 0 Å². The van der Waals surface area contributed by atoms with E-state index in [0.29, 0.717) is 16.7 Å². The first-order valence-electron chi connectivity index (χ1n) is 7.80. The van der Waals surface area contributed by atoms with Crippen molar-refractivity contribution in [2.75, 3.05) is 0 Å². The maximum Gasteiger partial charge on any atom is 0.0752 e. The van der Waals surface area contributed by atoms with Crippen LogP contribution in [0.1, 0.15) is 59.3 Å². The number of fused-ring (bicyclic) bond motifs is 3. The summed E-state index contributed by atoms with van der Waals surface area (Å²) in [6.45, 7) is 7.48. The summed E-state index contributed by atoms with van der Waals surface area (Å²) in [6, 6.07) is 0. The lowest BCUT2D eigenvalue weighted by Crippen LogP contribution is -2.53. The second kappa shape index (κ2) is 4.10. The molecule has 0 unspecified atom stereocenters. The smallest absolute Gasteiger partial charge is 0.0752 e. The van der Waals surface area contributed by atoms with E-state index in [-0.39, 0.29) is 6.10 Å². The van der Waals surface area contributed by atoms with Crippen molar-refractivity contribution < 1.29 is 5.11 Å². The van der Waals surface area contributed by atoms with Crippen molar-refractivity contribution in [2.45, 2.75) is 65.4 Å². The first-order valence-corrected chi connectivity index (χ1v) is 7.80. The van der Waals surface area contributed by atoms with Gasteiger partial charge in [-0.2, -0.15) is 0 Å². The predicted molar refractivity (Wildman–Crippen MR) is 75.2 cm³/mol. The van der Waals surface area contributed by atoms with Crippen molar-refractivity contribution in [1.29, 1.82) is 0 Å². The normalized spacial score (nSPS) is 50.4. The van der Waals surface area contributed by atoms with E-state index in [1.807, 2.05) is 6.08 Å². The Hall–Kier alpha value is -0.300. The number of hydrogen-bond donors (Lipinski definition) is 1. The van der Waals surface area contributed by atoms with Gasteiger partial charge in [0.05, 0.1) is 6.10 Å². The Morgan fingerprint density at radius 1 is 1.11 bits per heavy atom. The van der Waals surface area contributed by atoms with Crippen LogP contribution in [0.5, 0.6) is 0 Å². The summed E-state index contributed by atoms with van der Waals surface area (Å²) in [7, 11) is 0. The number of aliphatic hydroxyl groups excluding tert-OH is 1. The van der Waals surface area contributed by atoms with Gasteiger partial charge in [-0.15, -0.1) is 0 Å². The average molecular weight is 248 g/mol. The van der Waals surface area contributed by atoms with Crippen LogP contribution >= 0.6 is 0 Å². The SMILES string of the molecule is CC1(C)CCC[C@]2(C)[C@H]3CC=C[C@@H](O)[C@@H]3CC[C@@H]12. The lowest BCUT2D eigenvalue weighted by molar-refractivity contribution is -0.116. The highest BCUT2D eigenvalue weighted by molar-refractivity contribution is 5.11. The van der Waals surface area contributed by atoms with E-state index in [9.17, 15) is 5.11 Å². The van der Waals surface area contributed by atoms with Gasteiger partial charge >= 0.3 is 0 Å². The van der Waals surface area contributed by atoms with Crippen LogP contribution in [-0.4, -0.2) is 11.2 Å². The molecule has 0 radical (unpaired) electrons. The minimum atomic E-state index is -0.174. The summed E-state index contributed by atoms with van der Waals surface area (Å²) >= 11 is 0. The fourth-order valence-corrected chi connectivity index (χ4v) is 5.74. The molecule has 3 aliphatic rings. The zero-order valence-electron chi connectivity index (χ0n) is 12.2. The molecule has 0 aliphatic heterocycles. The van der Waals surface area contributed by atoms with E-state index in [4.69, 9.17) is 0 Å². The summed E-state index contributed by atoms with van der Waals surface area (Å²) in [6.07, 6.45) is 12.0. The molecule has 1 nitrogen and oxygen atoms in total. The molecule has 18 heavy (non-hydrogen) atoms. The predicted octanol–water partition coefficient (Wildman–Crippen LogP) is 4.17. The Morgan fingerprint density at radius 2 is 1.89 bits per heavy atom. The lowest BCUT2D eigenvalue weighted by Gasteiger charge is -2.60. The fourth-order valence-electron chi connectivity index (χ4n) is 5.74. The average Bonchev–Trinajstić information content (AvgIpc) is 2.29. The Balaban J connectivity index is 1.95. The molecule has 102 valence electrons. The maximum absolute atomic E-state index is 10.3. The van der Waals surface area contributed by atoms with Gasteiger partial charge in [-0.1, -0.05) is 39.3 Å². The zero-order valence-corrected chi connectivity index (χ0v) is 12.2. The van der Waals surface area contributed by atoms with Crippen LogP contribution in [0.4, 0.5) is 0 Å². The number of allylic oxidation sites excluding steroid dienone is 1. The Morgan fingerprint density at radius 3 is 2.67 bits per heavy atom. The van der Waals surface area contributed by atoms with E-state index in [1.165, 1.54) is 38.5 Å². The van der Waals surface area contributed by atoms with Crippen LogP contribution in [0.3, 0.4) is 0 Å². The molecule has 2 fully saturated rings. The number of aliphatic hydroxyl groups is 1. The third-order valence-electron chi connectivity index (χ3n) is 6.59. The minimum Gasteiger partial charge on any atom is -0.389 e. The van der Waals surface area contributed by atoms with E-state index < -0.39 is 0 Å². The Kier molecular flexibility index (Phi) is 2.89. The molecule has 1 N–H and O–H groups in total. The van der Waals surface area contributed by atoms with Crippen molar-refractivity contribution in [3.8, 4) is 0 Å². The summed E-state index contributed by atoms with van der Waals surface area (Å²) in [4.78, 5) is 0. The van der Waals surface area contributed by atoms with Crippen molar-refractivity contribution >= 4 is 0 Å². The fraction of sp³-hybridized carbons (Fsp3) is 0.882. The van der Waals surface area contributed by atoms with Crippen molar-refractivity contribution in [2.24, 2.45) is 28.6 Å². The van der Waals surface area contributed by atoms with Crippen molar-refractivity contribution in [3.05, 3.63) is 12.2 Å². The zero-order chi connectivity index (χ0) is 13.0. The summed E-state index contributed by atoms with van der Waals surface area (Å²) in [5, 5.41) is 10.3. The van der Waals surface area contributed by atoms with Gasteiger partial charge in [0.25, 0.3) is 0 Å². The highest BCUT2D eigenvalue weighted by Gasteiger charge is 2.55. The van der Waals surface area contributed by atoms with Gasteiger partial charge in [0.1, 0.15) is 0 Å². The standard InChI is InChI=1S/C17H28O/c1-16(2)10-5-11-17(3)13-6-4-7-14(18)12(13)8-9-15(16)17/h4,7,12-15,18H,5-6,8-11H2,1-3H3/t12-,13+,14-,15+,17-/m1/s1. The molecule has 0 saturated heterocycles. The molecule has 0 aromatic rings. The van der Waals surface area contributed by atoms with Gasteiger partial charge in [0.2, 0.25) is 0 Å². The van der Waals surface area contributed by atoms with Crippen LogP contribution in [-0.2, 0) is 0 Å². The molecule has 0 heterocycles. The highest BCUT2D eigenvalue weighted by Crippen LogP contribution is 2.62. The quantitative estimate of drug-likeness (QED) is 0.638. The molecule has 3 rings (SSSR count). The van der Waals surface area contributed by atoms with E-state index >= 15 is 0 Å². The first kappa shape index (κ1) is 12.7. The lowest BCUT2D eigenvalue weighted by atomic mass is 9.45. The molecule has 0 amide bonds. The topological polar surface area (TPSA) is 20.2 Å². The molecule has 0 aromatic carbocycles. The third-order valence-corrected chi connectivity index (χ3v) is 6.59. The van der Waals surface area contributed by atoms with Crippen molar-refractivity contribution in [1.82, 2.24) is 0 Å². The molecule has 0 aromatic heterocycles. The molecule has 0 spiro atoms. The van der Waals surface area contributed by atoms with Gasteiger partial charge in [-0.25, -0.2) is 0 Å². The second-order valence-electron chi connectivity index (χ2n) is 7.90. The van der Waals surface area contributed by atoms with E-state index in [0.717, 1.165) is 11.8 Å².